The lowest BCUT2D eigenvalue weighted by Gasteiger charge is -2.23. The van der Waals surface area contributed by atoms with Gasteiger partial charge in [-0.05, 0) is 61.3 Å². The van der Waals surface area contributed by atoms with E-state index < -0.39 is 6.04 Å². The topological polar surface area (TPSA) is 84.3 Å². The Kier molecular flexibility index (Phi) is 5.77. The maximum absolute atomic E-state index is 12.9. The molecule has 2 aliphatic rings. The molecule has 2 atom stereocenters. The first-order valence-corrected chi connectivity index (χ1v) is 10.8. The van der Waals surface area contributed by atoms with Gasteiger partial charge in [0.15, 0.2) is 0 Å². The Morgan fingerprint density at radius 1 is 1.28 bits per heavy atom. The second-order valence-corrected chi connectivity index (χ2v) is 8.40. The van der Waals surface area contributed by atoms with E-state index in [1.807, 2.05) is 6.20 Å². The van der Waals surface area contributed by atoms with Crippen molar-refractivity contribution in [2.24, 2.45) is 5.73 Å². The lowest BCUT2D eigenvalue weighted by molar-refractivity contribution is -0.132. The van der Waals surface area contributed by atoms with Crippen molar-refractivity contribution in [3.8, 4) is 6.07 Å². The van der Waals surface area contributed by atoms with Crippen molar-refractivity contribution in [2.45, 2.75) is 69.4 Å². The van der Waals surface area contributed by atoms with Gasteiger partial charge in [-0.1, -0.05) is 25.3 Å². The molecule has 0 bridgehead atoms. The van der Waals surface area contributed by atoms with Gasteiger partial charge < -0.3 is 15.5 Å². The van der Waals surface area contributed by atoms with E-state index >= 15 is 0 Å². The van der Waals surface area contributed by atoms with Crippen molar-refractivity contribution in [3.05, 3.63) is 35.5 Å². The standard InChI is InChI=1S/C23H30N4O2/c1-29-27-15-18(13-21(25)23(28)26-11-5-8-19(26)14-24)20-12-17(9-10-22(20)27)16-6-3-2-4-7-16/h9-10,12,15-16,19,21H,2-8,11,13,25H2,1H3/t19-,21-/m0/s1. The summed E-state index contributed by atoms with van der Waals surface area (Å²) in [6, 6.07) is 7.83. The van der Waals surface area contributed by atoms with Crippen LogP contribution in [0.5, 0.6) is 0 Å². The van der Waals surface area contributed by atoms with Crippen LogP contribution in [0.4, 0.5) is 0 Å². The third-order valence-electron chi connectivity index (χ3n) is 6.59. The summed E-state index contributed by atoms with van der Waals surface area (Å²) in [5, 5.41) is 10.4. The van der Waals surface area contributed by atoms with Crippen molar-refractivity contribution < 1.29 is 9.63 Å². The molecule has 2 heterocycles. The summed E-state index contributed by atoms with van der Waals surface area (Å²) in [6.07, 6.45) is 10.4. The van der Waals surface area contributed by atoms with E-state index in [0.717, 1.165) is 29.3 Å². The number of fused-ring (bicyclic) bond motifs is 1. The highest BCUT2D eigenvalue weighted by atomic mass is 16.6. The molecule has 1 saturated heterocycles. The number of nitriles is 1. The molecule has 2 fully saturated rings. The van der Waals surface area contributed by atoms with Crippen LogP contribution in [0.25, 0.3) is 10.9 Å². The predicted octanol–water partition coefficient (Wildman–Crippen LogP) is 3.13. The lowest BCUT2D eigenvalue weighted by atomic mass is 9.83. The van der Waals surface area contributed by atoms with Gasteiger partial charge in [-0.3, -0.25) is 4.79 Å². The minimum absolute atomic E-state index is 0.129. The number of carbonyl (C=O) groups excluding carboxylic acids is 1. The van der Waals surface area contributed by atoms with Gasteiger partial charge in [-0.25, -0.2) is 0 Å². The molecule has 0 unspecified atom stereocenters. The van der Waals surface area contributed by atoms with Crippen molar-refractivity contribution in [2.75, 3.05) is 13.7 Å². The molecule has 1 aromatic heterocycles. The van der Waals surface area contributed by atoms with E-state index in [1.54, 1.807) is 16.7 Å². The van der Waals surface area contributed by atoms with Crippen molar-refractivity contribution in [1.29, 1.82) is 5.26 Å². The smallest absolute Gasteiger partial charge is 0.240 e. The summed E-state index contributed by atoms with van der Waals surface area (Å²) in [5.74, 6) is 0.485. The number of aromatic nitrogens is 1. The largest absolute Gasteiger partial charge is 0.417 e. The van der Waals surface area contributed by atoms with Gasteiger partial charge in [-0.2, -0.15) is 9.99 Å². The second-order valence-electron chi connectivity index (χ2n) is 8.40. The number of hydrogen-bond donors (Lipinski definition) is 1. The first-order chi connectivity index (χ1) is 14.1. The Labute approximate surface area is 172 Å². The summed E-state index contributed by atoms with van der Waals surface area (Å²) in [7, 11) is 1.64. The Bertz CT molecular complexity index is 923. The summed E-state index contributed by atoms with van der Waals surface area (Å²) in [4.78, 5) is 20.0. The first kappa shape index (κ1) is 19.8. The number of likely N-dealkylation sites (tertiary alicyclic amines) is 1. The minimum atomic E-state index is -0.654. The van der Waals surface area contributed by atoms with Crippen LogP contribution in [0.2, 0.25) is 0 Å². The van der Waals surface area contributed by atoms with Crippen molar-refractivity contribution >= 4 is 16.8 Å². The average Bonchev–Trinajstić information content (AvgIpc) is 3.38. The van der Waals surface area contributed by atoms with E-state index in [0.29, 0.717) is 18.9 Å². The van der Waals surface area contributed by atoms with Gasteiger partial charge in [0.1, 0.15) is 13.2 Å². The van der Waals surface area contributed by atoms with E-state index in [-0.39, 0.29) is 11.9 Å². The molecular weight excluding hydrogens is 364 g/mol. The highest BCUT2D eigenvalue weighted by Crippen LogP contribution is 2.35. The molecule has 2 aromatic rings. The molecule has 154 valence electrons. The van der Waals surface area contributed by atoms with Crippen LogP contribution >= 0.6 is 0 Å². The molecule has 2 N–H and O–H groups in total. The number of nitrogens with zero attached hydrogens (tertiary/aromatic N) is 3. The summed E-state index contributed by atoms with van der Waals surface area (Å²) in [5.41, 5.74) is 9.71. The highest BCUT2D eigenvalue weighted by molar-refractivity contribution is 5.87. The minimum Gasteiger partial charge on any atom is -0.417 e. The van der Waals surface area contributed by atoms with Gasteiger partial charge in [-0.15, -0.1) is 0 Å². The maximum Gasteiger partial charge on any atom is 0.240 e. The summed E-state index contributed by atoms with van der Waals surface area (Å²) >= 11 is 0. The summed E-state index contributed by atoms with van der Waals surface area (Å²) in [6.45, 7) is 0.621. The highest BCUT2D eigenvalue weighted by Gasteiger charge is 2.32. The Balaban J connectivity index is 1.60. The van der Waals surface area contributed by atoms with Crippen LogP contribution in [0.3, 0.4) is 0 Å². The number of hydrogen-bond acceptors (Lipinski definition) is 4. The molecule has 4 rings (SSSR count). The monoisotopic (exact) mass is 394 g/mol. The Morgan fingerprint density at radius 2 is 2.07 bits per heavy atom. The fourth-order valence-corrected chi connectivity index (χ4v) is 4.99. The normalized spacial score (nSPS) is 21.3. The molecule has 1 aliphatic heterocycles. The van der Waals surface area contributed by atoms with Crippen LogP contribution in [0, 0.1) is 11.3 Å². The molecule has 0 radical (unpaired) electrons. The Morgan fingerprint density at radius 3 is 2.79 bits per heavy atom. The van der Waals surface area contributed by atoms with Gasteiger partial charge in [0.25, 0.3) is 0 Å². The molecule has 29 heavy (non-hydrogen) atoms. The van der Waals surface area contributed by atoms with Gasteiger partial charge in [0.05, 0.1) is 17.6 Å². The van der Waals surface area contributed by atoms with Gasteiger partial charge >= 0.3 is 0 Å². The maximum atomic E-state index is 12.9. The van der Waals surface area contributed by atoms with Crippen LogP contribution in [0.15, 0.2) is 24.4 Å². The first-order valence-electron chi connectivity index (χ1n) is 10.8. The van der Waals surface area contributed by atoms with Gasteiger partial charge in [0.2, 0.25) is 5.91 Å². The van der Waals surface area contributed by atoms with Crippen LogP contribution < -0.4 is 10.6 Å². The SMILES string of the molecule is COn1cc(C[C@H](N)C(=O)N2CCC[C@H]2C#N)c2cc(C3CCCCC3)ccc21. The molecule has 0 spiro atoms. The lowest BCUT2D eigenvalue weighted by Crippen LogP contribution is -2.46. The number of carbonyl (C=O) groups is 1. The zero-order chi connectivity index (χ0) is 20.4. The molecule has 1 aromatic carbocycles. The molecule has 6 heteroatoms. The Hall–Kier alpha value is -2.52. The third-order valence-corrected chi connectivity index (χ3v) is 6.59. The second kappa shape index (κ2) is 8.46. The fraction of sp³-hybridized carbons (Fsp3) is 0.565. The molecule has 1 saturated carbocycles. The number of benzene rings is 1. The van der Waals surface area contributed by atoms with Crippen LogP contribution in [-0.4, -0.2) is 41.3 Å². The molecule has 6 nitrogen and oxygen atoms in total. The third kappa shape index (κ3) is 3.84. The van der Waals surface area contributed by atoms with E-state index in [1.165, 1.54) is 37.7 Å². The number of amides is 1. The predicted molar refractivity (Wildman–Crippen MR) is 112 cm³/mol. The van der Waals surface area contributed by atoms with Crippen LogP contribution in [-0.2, 0) is 11.2 Å². The van der Waals surface area contributed by atoms with E-state index in [2.05, 4.69) is 24.3 Å². The molecule has 1 aliphatic carbocycles. The molecular formula is C23H30N4O2. The molecule has 1 amide bonds. The van der Waals surface area contributed by atoms with Gasteiger partial charge in [0, 0.05) is 18.1 Å². The fourth-order valence-electron chi connectivity index (χ4n) is 4.99. The number of rotatable bonds is 5. The number of nitrogens with two attached hydrogens (primary N) is 1. The zero-order valence-corrected chi connectivity index (χ0v) is 17.1. The zero-order valence-electron chi connectivity index (χ0n) is 17.1. The van der Waals surface area contributed by atoms with Crippen molar-refractivity contribution in [1.82, 2.24) is 9.63 Å². The van der Waals surface area contributed by atoms with Crippen LogP contribution in [0.1, 0.15) is 62.0 Å². The quantitative estimate of drug-likeness (QED) is 0.844. The van der Waals surface area contributed by atoms with Crippen molar-refractivity contribution in [3.63, 3.8) is 0 Å². The average molecular weight is 395 g/mol. The van der Waals surface area contributed by atoms with E-state index in [9.17, 15) is 10.1 Å². The van der Waals surface area contributed by atoms with E-state index in [4.69, 9.17) is 10.6 Å². The summed E-state index contributed by atoms with van der Waals surface area (Å²) < 4.78 is 1.75.